The van der Waals surface area contributed by atoms with Crippen LogP contribution in [0.25, 0.3) is 21.9 Å². The van der Waals surface area contributed by atoms with Crippen LogP contribution in [0, 0.1) is 46.3 Å². The molecule has 2 aromatic heterocycles. The summed E-state index contributed by atoms with van der Waals surface area (Å²) in [6.07, 6.45) is 14.8. The highest BCUT2D eigenvalue weighted by Crippen LogP contribution is 2.67. The molecular weight excluding hydrogens is 861 g/mol. The Hall–Kier alpha value is -3.20. The normalized spacial score (nSPS) is 26.9. The number of anilines is 1. The van der Waals surface area contributed by atoms with Crippen molar-refractivity contribution < 1.29 is 38.4 Å². The van der Waals surface area contributed by atoms with Crippen LogP contribution in [0.15, 0.2) is 29.8 Å². The summed E-state index contributed by atoms with van der Waals surface area (Å²) in [7, 11) is 4.68. The van der Waals surface area contributed by atoms with Crippen LogP contribution in [0.3, 0.4) is 0 Å². The van der Waals surface area contributed by atoms with Crippen LogP contribution < -0.4 is 10.1 Å². The van der Waals surface area contributed by atoms with Crippen molar-refractivity contribution >= 4 is 61.6 Å². The maximum absolute atomic E-state index is 13.1. The first-order valence-corrected chi connectivity index (χ1v) is 26.9. The number of nitrogens with zero attached hydrogens (tertiary/aromatic N) is 3. The highest BCUT2D eigenvalue weighted by atomic mass is 33.1. The highest BCUT2D eigenvalue weighted by molar-refractivity contribution is 8.76. The van der Waals surface area contributed by atoms with Gasteiger partial charge in [0.15, 0.2) is 5.82 Å². The van der Waals surface area contributed by atoms with Gasteiger partial charge in [0.05, 0.1) is 35.7 Å². The van der Waals surface area contributed by atoms with Crippen LogP contribution in [0.2, 0.25) is 0 Å². The Bertz CT molecular complexity index is 2150. The number of hydrogen-bond acceptors (Lipinski definition) is 12. The number of methoxy groups -OCH3 is 1. The molecular formula is C51H76N4O8S2. The Morgan fingerprint density at radius 1 is 1.00 bits per heavy atom. The van der Waals surface area contributed by atoms with Gasteiger partial charge < -0.3 is 33.4 Å². The smallest absolute Gasteiger partial charge is 0.496 e. The molecule has 0 saturated heterocycles. The molecule has 0 aliphatic heterocycles. The predicted octanol–water partition coefficient (Wildman–Crippen LogP) is 12.4. The number of hydrogen-bond donors (Lipinski definition) is 2. The molecule has 0 bridgehead atoms. The number of rotatable bonds is 20. The molecule has 7 rings (SSSR count). The molecule has 65 heavy (non-hydrogen) atoms. The van der Waals surface area contributed by atoms with Gasteiger partial charge in [0.1, 0.15) is 43.0 Å². The number of amides is 1. The van der Waals surface area contributed by atoms with Crippen LogP contribution in [-0.2, 0) is 32.1 Å². The van der Waals surface area contributed by atoms with E-state index in [-0.39, 0.29) is 43.7 Å². The number of fused-ring (bicyclic) bond motifs is 8. The molecule has 8 unspecified atom stereocenters. The van der Waals surface area contributed by atoms with Gasteiger partial charge in [0.2, 0.25) is 0 Å². The molecule has 1 aromatic carbocycles. The van der Waals surface area contributed by atoms with E-state index in [9.17, 15) is 14.7 Å². The Labute approximate surface area is 395 Å². The first-order valence-electron chi connectivity index (χ1n) is 24.4. The van der Waals surface area contributed by atoms with Gasteiger partial charge in [-0.25, -0.2) is 19.6 Å². The third kappa shape index (κ3) is 11.2. The van der Waals surface area contributed by atoms with E-state index in [2.05, 4.69) is 46.0 Å². The van der Waals surface area contributed by atoms with Crippen molar-refractivity contribution in [2.24, 2.45) is 46.3 Å². The summed E-state index contributed by atoms with van der Waals surface area (Å²) in [5.74, 6) is 7.37. The van der Waals surface area contributed by atoms with Gasteiger partial charge in [-0.2, -0.15) is 0 Å². The number of allylic oxidation sites excluding steroid dienone is 1. The van der Waals surface area contributed by atoms with Crippen molar-refractivity contribution in [3.63, 3.8) is 0 Å². The fourth-order valence-corrected chi connectivity index (χ4v) is 14.2. The molecule has 4 aliphatic rings. The zero-order valence-corrected chi connectivity index (χ0v) is 42.2. The molecule has 3 saturated carbocycles. The molecule has 2 heterocycles. The lowest BCUT2D eigenvalue weighted by molar-refractivity contribution is -0.0614. The summed E-state index contributed by atoms with van der Waals surface area (Å²) in [4.78, 5) is 35.5. The molecule has 2 N–H and O–H groups in total. The Balaban J connectivity index is 0.836. The third-order valence-corrected chi connectivity index (χ3v) is 17.9. The van der Waals surface area contributed by atoms with E-state index in [0.29, 0.717) is 57.0 Å². The van der Waals surface area contributed by atoms with E-state index < -0.39 is 17.8 Å². The number of aromatic nitrogens is 3. The third-order valence-electron chi connectivity index (χ3n) is 15.6. The second kappa shape index (κ2) is 21.4. The lowest BCUT2D eigenvalue weighted by atomic mass is 9.47. The number of nitrogens with one attached hydrogen (secondary N) is 1. The summed E-state index contributed by atoms with van der Waals surface area (Å²) in [5, 5.41) is 14.4. The van der Waals surface area contributed by atoms with Crippen molar-refractivity contribution in [1.82, 2.24) is 14.5 Å². The number of carbonyl (C=O) groups excluding carboxylic acids is 2. The Morgan fingerprint density at radius 2 is 1.77 bits per heavy atom. The van der Waals surface area contributed by atoms with E-state index >= 15 is 0 Å². The van der Waals surface area contributed by atoms with Gasteiger partial charge in [-0.05, 0) is 124 Å². The fraction of sp³-hybridized carbons (Fsp3) is 0.725. The topological polar surface area (TPSA) is 143 Å². The number of benzene rings is 1. The molecule has 1 amide bonds. The van der Waals surface area contributed by atoms with Crippen molar-refractivity contribution in [2.75, 3.05) is 43.8 Å². The van der Waals surface area contributed by atoms with E-state index in [0.717, 1.165) is 54.8 Å². The minimum Gasteiger partial charge on any atom is -0.496 e. The van der Waals surface area contributed by atoms with Crippen LogP contribution in [0.5, 0.6) is 5.75 Å². The average molecular weight is 937 g/mol. The monoisotopic (exact) mass is 937 g/mol. The predicted molar refractivity (Wildman–Crippen MR) is 262 cm³/mol. The molecule has 0 radical (unpaired) electrons. The lowest BCUT2D eigenvalue weighted by Crippen LogP contribution is -2.51. The molecule has 0 spiro atoms. The van der Waals surface area contributed by atoms with Gasteiger partial charge >= 0.3 is 12.2 Å². The maximum atomic E-state index is 13.1. The second-order valence-corrected chi connectivity index (χ2v) is 23.6. The van der Waals surface area contributed by atoms with Crippen LogP contribution in [0.1, 0.15) is 132 Å². The zero-order chi connectivity index (χ0) is 46.5. The van der Waals surface area contributed by atoms with Gasteiger partial charge in [-0.3, -0.25) is 5.32 Å². The van der Waals surface area contributed by atoms with E-state index in [1.165, 1.54) is 67.7 Å². The number of pyridine rings is 1. The van der Waals surface area contributed by atoms with Crippen molar-refractivity contribution in [2.45, 2.75) is 151 Å². The zero-order valence-electron chi connectivity index (χ0n) is 40.5. The number of aliphatic hydroxyl groups is 1. The number of ether oxygens (including phenoxy) is 5. The van der Waals surface area contributed by atoms with Crippen LogP contribution in [0.4, 0.5) is 15.4 Å². The SMILES string of the molecule is CCOCc1nc2c(NC(=O)OCCSSCCOC(=O)OC3CCC4(C)C(=CCC5C4CCC4(C)C(C(C)CCCC(C)C)CCC54)C3)nc3cccc(OC)c3c2n1CC(C)(C)O. The standard InChI is InChI=1S/C51H76N4O8S2/c1-10-60-30-42-53-44-45(55(42)31-49(5,6)58)43-40(15-12-16-41(43)59-9)52-46(44)54-47(56)61-25-27-64-65-28-26-62-48(57)63-35-21-23-50(7)34(29-35)17-18-36-38-20-19-37(33(4)14-11-13-32(2)3)51(38,8)24-22-39(36)50/h12,15-17,32-33,35-39,58H,10-11,13-14,18-31H2,1-9H3,(H,52,54,56). The molecule has 12 nitrogen and oxygen atoms in total. The molecule has 4 aliphatic carbocycles. The maximum Gasteiger partial charge on any atom is 0.508 e. The average Bonchev–Trinajstić information content (AvgIpc) is 3.80. The minimum atomic E-state index is -1.07. The summed E-state index contributed by atoms with van der Waals surface area (Å²) in [6, 6.07) is 5.52. The summed E-state index contributed by atoms with van der Waals surface area (Å²) in [5.41, 5.74) is 2.83. The molecule has 8 atom stereocenters. The van der Waals surface area contributed by atoms with Gasteiger partial charge in [-0.15, -0.1) is 0 Å². The molecule has 360 valence electrons. The first-order chi connectivity index (χ1) is 31.1. The van der Waals surface area contributed by atoms with Crippen molar-refractivity contribution in [3.05, 3.63) is 35.7 Å². The van der Waals surface area contributed by atoms with Gasteiger partial charge in [0.25, 0.3) is 0 Å². The molecule has 14 heteroatoms. The van der Waals surface area contributed by atoms with Crippen molar-refractivity contribution in [3.8, 4) is 5.75 Å². The summed E-state index contributed by atoms with van der Waals surface area (Å²) in [6.45, 7) is 19.1. The molecule has 3 fully saturated rings. The fourth-order valence-electron chi connectivity index (χ4n) is 12.6. The summed E-state index contributed by atoms with van der Waals surface area (Å²) < 4.78 is 30.3. The quantitative estimate of drug-likeness (QED) is 0.0482. The number of carbonyl (C=O) groups is 2. The lowest BCUT2D eigenvalue weighted by Gasteiger charge is -2.58. The van der Waals surface area contributed by atoms with Crippen LogP contribution >= 0.6 is 21.6 Å². The van der Waals surface area contributed by atoms with E-state index in [4.69, 9.17) is 33.7 Å². The Kier molecular flexibility index (Phi) is 16.4. The number of imidazole rings is 1. The second-order valence-electron chi connectivity index (χ2n) is 20.9. The largest absolute Gasteiger partial charge is 0.508 e. The summed E-state index contributed by atoms with van der Waals surface area (Å²) >= 11 is 0. The van der Waals surface area contributed by atoms with E-state index in [1.807, 2.05) is 29.7 Å². The van der Waals surface area contributed by atoms with E-state index in [1.54, 1.807) is 31.8 Å². The highest BCUT2D eigenvalue weighted by Gasteiger charge is 2.59. The Morgan fingerprint density at radius 3 is 2.49 bits per heavy atom. The van der Waals surface area contributed by atoms with Gasteiger partial charge in [0, 0.05) is 24.5 Å². The molecule has 3 aromatic rings. The van der Waals surface area contributed by atoms with Crippen molar-refractivity contribution in [1.29, 1.82) is 0 Å². The van der Waals surface area contributed by atoms with Crippen LogP contribution in [-0.4, -0.2) is 82.0 Å². The minimum absolute atomic E-state index is 0.135. The first kappa shape index (κ1) is 49.7. The van der Waals surface area contributed by atoms with Gasteiger partial charge in [-0.1, -0.05) is 93.2 Å².